The molecule has 25 heavy (non-hydrogen) atoms. The number of halogens is 1. The van der Waals surface area contributed by atoms with E-state index in [1.165, 1.54) is 33.9 Å². The molecule has 1 unspecified atom stereocenters. The molecule has 0 saturated carbocycles. The predicted octanol–water partition coefficient (Wildman–Crippen LogP) is 2.63. The van der Waals surface area contributed by atoms with Gasteiger partial charge in [0.2, 0.25) is 0 Å². The van der Waals surface area contributed by atoms with Crippen LogP contribution in [0.4, 0.5) is 4.39 Å². The van der Waals surface area contributed by atoms with Gasteiger partial charge in [-0.1, -0.05) is 30.3 Å². The molecule has 3 aromatic rings. The van der Waals surface area contributed by atoms with E-state index in [4.69, 9.17) is 0 Å². The van der Waals surface area contributed by atoms with Crippen LogP contribution in [0.5, 0.6) is 0 Å². The fourth-order valence-electron chi connectivity index (χ4n) is 3.48. The number of carbonyl (C=O) groups is 1. The molecule has 128 valence electrons. The van der Waals surface area contributed by atoms with Crippen LogP contribution in [0.3, 0.4) is 0 Å². The third-order valence-electron chi connectivity index (χ3n) is 4.72. The number of quaternary nitrogens is 1. The summed E-state index contributed by atoms with van der Waals surface area (Å²) >= 11 is 1.42. The zero-order chi connectivity index (χ0) is 17.2. The lowest BCUT2D eigenvalue weighted by Crippen LogP contribution is -3.09. The number of nitrogens with one attached hydrogen (secondary N) is 2. The third-order valence-corrected chi connectivity index (χ3v) is 5.83. The molecule has 1 aromatic heterocycles. The van der Waals surface area contributed by atoms with Crippen molar-refractivity contribution in [3.8, 4) is 0 Å². The summed E-state index contributed by atoms with van der Waals surface area (Å²) in [5.41, 5.74) is 1.33. The van der Waals surface area contributed by atoms with E-state index in [-0.39, 0.29) is 17.8 Å². The van der Waals surface area contributed by atoms with Crippen LogP contribution in [0.1, 0.15) is 21.7 Å². The molecule has 0 aliphatic carbocycles. The predicted molar refractivity (Wildman–Crippen MR) is 98.5 cm³/mol. The molecule has 0 spiro atoms. The summed E-state index contributed by atoms with van der Waals surface area (Å²) in [6.45, 7) is 3.01. The van der Waals surface area contributed by atoms with E-state index < -0.39 is 0 Å². The summed E-state index contributed by atoms with van der Waals surface area (Å²) < 4.78 is 14.2. The van der Waals surface area contributed by atoms with E-state index in [9.17, 15) is 9.18 Å². The number of fused-ring (bicyclic) bond motifs is 1. The summed E-state index contributed by atoms with van der Waals surface area (Å²) in [7, 11) is 0. The maximum Gasteiger partial charge on any atom is 0.261 e. The van der Waals surface area contributed by atoms with Crippen molar-refractivity contribution >= 4 is 27.3 Å². The molecule has 2 aromatic carbocycles. The Kier molecular flexibility index (Phi) is 4.51. The lowest BCUT2D eigenvalue weighted by Gasteiger charge is -2.14. The Morgan fingerprint density at radius 1 is 1.20 bits per heavy atom. The molecular weight excluding hydrogens is 335 g/mol. The second-order valence-electron chi connectivity index (χ2n) is 6.62. The van der Waals surface area contributed by atoms with Gasteiger partial charge >= 0.3 is 0 Å². The van der Waals surface area contributed by atoms with Gasteiger partial charge in [-0.05, 0) is 29.7 Å². The number of rotatable bonds is 4. The fourth-order valence-corrected chi connectivity index (χ4v) is 4.43. The van der Waals surface area contributed by atoms with Crippen molar-refractivity contribution in [2.75, 3.05) is 13.1 Å². The SMILES string of the molecule is O=C(N[C@H]1CC[NH+](Cc2ccccc2)C1)c1cc2cc(F)ccc2s1. The molecule has 1 aliphatic rings. The smallest absolute Gasteiger partial charge is 0.261 e. The van der Waals surface area contributed by atoms with Gasteiger partial charge < -0.3 is 10.2 Å². The zero-order valence-corrected chi connectivity index (χ0v) is 14.6. The van der Waals surface area contributed by atoms with E-state index in [1.54, 1.807) is 12.1 Å². The van der Waals surface area contributed by atoms with E-state index in [2.05, 4.69) is 29.6 Å². The lowest BCUT2D eigenvalue weighted by molar-refractivity contribution is -0.901. The molecule has 2 N–H and O–H groups in total. The van der Waals surface area contributed by atoms with Crippen LogP contribution < -0.4 is 10.2 Å². The van der Waals surface area contributed by atoms with Gasteiger partial charge in [0.25, 0.3) is 5.91 Å². The standard InChI is InChI=1S/C20H19FN2OS/c21-16-6-7-18-15(10-16)11-19(25-18)20(24)22-17-8-9-23(13-17)12-14-4-2-1-3-5-14/h1-7,10-11,17H,8-9,12-13H2,(H,22,24)/p+1/t17-/m0/s1. The van der Waals surface area contributed by atoms with Gasteiger partial charge in [-0.15, -0.1) is 11.3 Å². The molecule has 1 fully saturated rings. The average Bonchev–Trinajstić information content (AvgIpc) is 3.22. The maximum absolute atomic E-state index is 13.3. The van der Waals surface area contributed by atoms with Gasteiger partial charge in [0.15, 0.2) is 0 Å². The van der Waals surface area contributed by atoms with Crippen LogP contribution in [0, 0.1) is 5.82 Å². The van der Waals surface area contributed by atoms with Crippen molar-refractivity contribution in [2.45, 2.75) is 19.0 Å². The minimum absolute atomic E-state index is 0.0485. The number of benzene rings is 2. The van der Waals surface area contributed by atoms with E-state index in [0.717, 1.165) is 36.1 Å². The monoisotopic (exact) mass is 355 g/mol. The first-order chi connectivity index (χ1) is 12.2. The summed E-state index contributed by atoms with van der Waals surface area (Å²) in [5.74, 6) is -0.319. The van der Waals surface area contributed by atoms with Crippen LogP contribution in [0.15, 0.2) is 54.6 Å². The van der Waals surface area contributed by atoms with Crippen LogP contribution in [0.2, 0.25) is 0 Å². The van der Waals surface area contributed by atoms with Crippen LogP contribution in [-0.2, 0) is 6.54 Å². The molecule has 1 saturated heterocycles. The fraction of sp³-hybridized carbons (Fsp3) is 0.250. The molecule has 0 bridgehead atoms. The average molecular weight is 355 g/mol. The minimum Gasteiger partial charge on any atom is -0.343 e. The Hall–Kier alpha value is -2.24. The second-order valence-corrected chi connectivity index (χ2v) is 7.70. The normalized spacial score (nSPS) is 20.0. The highest BCUT2D eigenvalue weighted by atomic mass is 32.1. The maximum atomic E-state index is 13.3. The highest BCUT2D eigenvalue weighted by molar-refractivity contribution is 7.20. The molecule has 5 heteroatoms. The number of hydrogen-bond acceptors (Lipinski definition) is 2. The van der Waals surface area contributed by atoms with Crippen molar-refractivity contribution in [2.24, 2.45) is 0 Å². The Bertz CT molecular complexity index is 893. The highest BCUT2D eigenvalue weighted by Gasteiger charge is 2.28. The number of amides is 1. The Morgan fingerprint density at radius 3 is 2.88 bits per heavy atom. The van der Waals surface area contributed by atoms with E-state index in [1.807, 2.05) is 6.07 Å². The van der Waals surface area contributed by atoms with Crippen molar-refractivity contribution in [1.82, 2.24) is 5.32 Å². The summed E-state index contributed by atoms with van der Waals surface area (Å²) in [6, 6.07) is 17.1. The zero-order valence-electron chi connectivity index (χ0n) is 13.8. The molecule has 2 atom stereocenters. The van der Waals surface area contributed by atoms with Crippen molar-refractivity contribution < 1.29 is 14.1 Å². The molecule has 3 nitrogen and oxygen atoms in total. The summed E-state index contributed by atoms with van der Waals surface area (Å²) in [6.07, 6.45) is 0.993. The van der Waals surface area contributed by atoms with Crippen molar-refractivity contribution in [3.05, 3.63) is 70.9 Å². The molecule has 4 rings (SSSR count). The third kappa shape index (κ3) is 3.72. The molecule has 1 amide bonds. The van der Waals surface area contributed by atoms with Gasteiger partial charge in [-0.2, -0.15) is 0 Å². The van der Waals surface area contributed by atoms with Crippen LogP contribution in [-0.4, -0.2) is 25.0 Å². The largest absolute Gasteiger partial charge is 0.343 e. The van der Waals surface area contributed by atoms with E-state index in [0.29, 0.717) is 4.88 Å². The molecular formula is C20H20FN2OS+. The Labute approximate surface area is 150 Å². The van der Waals surface area contributed by atoms with Crippen LogP contribution in [0.25, 0.3) is 10.1 Å². The van der Waals surface area contributed by atoms with Crippen LogP contribution >= 0.6 is 11.3 Å². The number of hydrogen-bond donors (Lipinski definition) is 2. The topological polar surface area (TPSA) is 33.5 Å². The first-order valence-electron chi connectivity index (χ1n) is 8.55. The van der Waals surface area contributed by atoms with Crippen molar-refractivity contribution in [3.63, 3.8) is 0 Å². The summed E-state index contributed by atoms with van der Waals surface area (Å²) in [5, 5.41) is 3.93. The molecule has 2 heterocycles. The summed E-state index contributed by atoms with van der Waals surface area (Å²) in [4.78, 5) is 14.7. The molecule has 0 radical (unpaired) electrons. The van der Waals surface area contributed by atoms with E-state index >= 15 is 0 Å². The van der Waals surface area contributed by atoms with Gasteiger partial charge in [0.05, 0.1) is 24.0 Å². The first-order valence-corrected chi connectivity index (χ1v) is 9.36. The second kappa shape index (κ2) is 6.94. The van der Waals surface area contributed by atoms with Gasteiger partial charge in [-0.3, -0.25) is 4.79 Å². The van der Waals surface area contributed by atoms with Gasteiger partial charge in [0, 0.05) is 16.7 Å². The van der Waals surface area contributed by atoms with Gasteiger partial charge in [0.1, 0.15) is 12.4 Å². The molecule has 1 aliphatic heterocycles. The number of likely N-dealkylation sites (tertiary alicyclic amines) is 1. The van der Waals surface area contributed by atoms with Gasteiger partial charge in [-0.25, -0.2) is 4.39 Å². The number of carbonyl (C=O) groups excluding carboxylic acids is 1. The Morgan fingerprint density at radius 2 is 2.04 bits per heavy atom. The van der Waals surface area contributed by atoms with Crippen molar-refractivity contribution in [1.29, 1.82) is 0 Å². The lowest BCUT2D eigenvalue weighted by atomic mass is 10.2. The Balaban J connectivity index is 1.37. The number of thiophene rings is 1. The minimum atomic E-state index is -0.270. The highest BCUT2D eigenvalue weighted by Crippen LogP contribution is 2.26. The first kappa shape index (κ1) is 16.2. The quantitative estimate of drug-likeness (QED) is 0.741.